The summed E-state index contributed by atoms with van der Waals surface area (Å²) in [5, 5.41) is 1.90. The van der Waals surface area contributed by atoms with E-state index in [0.717, 1.165) is 85.1 Å². The molecule has 0 amide bonds. The molecule has 8 aliphatic carbocycles. The number of hydrogen-bond acceptors (Lipinski definition) is 6. The number of nitrogens with zero attached hydrogens (tertiary/aromatic N) is 2. The highest BCUT2D eigenvalue weighted by Gasteiger charge is 2.56. The van der Waals surface area contributed by atoms with Crippen LogP contribution in [0.15, 0.2) is 34.3 Å². The number of hydrogen-bond donors (Lipinski definition) is 0. The van der Waals surface area contributed by atoms with Crippen molar-refractivity contribution in [1.82, 2.24) is 9.97 Å². The molecule has 8 saturated carbocycles. The van der Waals surface area contributed by atoms with Crippen LogP contribution in [-0.2, 0) is 9.59 Å². The van der Waals surface area contributed by atoms with Crippen molar-refractivity contribution in [2.24, 2.45) is 46.3 Å². The quantitative estimate of drug-likeness (QED) is 0.396. The van der Waals surface area contributed by atoms with Gasteiger partial charge in [0, 0.05) is 10.8 Å². The molecule has 0 saturated heterocycles. The van der Waals surface area contributed by atoms with Gasteiger partial charge in [0.15, 0.2) is 0 Å². The Hall–Kier alpha value is -1.40. The van der Waals surface area contributed by atoms with E-state index in [2.05, 4.69) is 0 Å². The molecular formula is C30H34N2O2S2. The summed E-state index contributed by atoms with van der Waals surface area (Å²) < 4.78 is 0. The molecule has 1 aromatic carbocycles. The molecule has 10 rings (SSSR count). The first-order valence-corrected chi connectivity index (χ1v) is 15.8. The zero-order valence-corrected chi connectivity index (χ0v) is 22.4. The van der Waals surface area contributed by atoms with Gasteiger partial charge in [-0.05, 0) is 148 Å². The van der Waals surface area contributed by atoms with Crippen molar-refractivity contribution >= 4 is 44.8 Å². The minimum atomic E-state index is -0.182. The van der Waals surface area contributed by atoms with Crippen molar-refractivity contribution in [2.75, 3.05) is 0 Å². The van der Waals surface area contributed by atoms with Crippen LogP contribution in [0.3, 0.4) is 0 Å². The van der Waals surface area contributed by atoms with Crippen LogP contribution in [0.4, 0.5) is 0 Å². The Morgan fingerprint density at radius 2 is 0.889 bits per heavy atom. The number of benzene rings is 1. The van der Waals surface area contributed by atoms with E-state index in [-0.39, 0.29) is 21.1 Å². The minimum absolute atomic E-state index is 0.182. The van der Waals surface area contributed by atoms with Crippen LogP contribution in [0, 0.1) is 46.3 Å². The molecule has 1 aromatic heterocycles. The van der Waals surface area contributed by atoms with E-state index in [4.69, 9.17) is 9.97 Å². The Bertz CT molecular complexity index is 1110. The van der Waals surface area contributed by atoms with Gasteiger partial charge < -0.3 is 0 Å². The van der Waals surface area contributed by atoms with Crippen LogP contribution in [0.2, 0.25) is 0 Å². The molecule has 188 valence electrons. The number of fused-ring (bicyclic) bond motifs is 1. The van der Waals surface area contributed by atoms with Gasteiger partial charge in [-0.1, -0.05) is 12.1 Å². The molecule has 2 aromatic rings. The Morgan fingerprint density at radius 3 is 1.19 bits per heavy atom. The Balaban J connectivity index is 1.11. The van der Waals surface area contributed by atoms with Crippen LogP contribution in [0.1, 0.15) is 77.0 Å². The highest BCUT2D eigenvalue weighted by atomic mass is 32.2. The summed E-state index contributed by atoms with van der Waals surface area (Å²) in [7, 11) is 0. The van der Waals surface area contributed by atoms with Gasteiger partial charge in [0.2, 0.25) is 10.2 Å². The van der Waals surface area contributed by atoms with E-state index in [0.29, 0.717) is 10.1 Å². The molecule has 1 heterocycles. The lowest BCUT2D eigenvalue weighted by Gasteiger charge is -2.55. The number of aromatic nitrogens is 2. The maximum absolute atomic E-state index is 14.0. The van der Waals surface area contributed by atoms with Gasteiger partial charge in [-0.15, -0.1) is 0 Å². The lowest BCUT2D eigenvalue weighted by atomic mass is 9.50. The summed E-state index contributed by atoms with van der Waals surface area (Å²) in [6.07, 6.45) is 14.3. The van der Waals surface area contributed by atoms with Crippen LogP contribution < -0.4 is 0 Å². The van der Waals surface area contributed by atoms with E-state index in [1.54, 1.807) is 0 Å². The fourth-order valence-electron chi connectivity index (χ4n) is 10.2. The first-order valence-electron chi connectivity index (χ1n) is 14.2. The molecule has 8 fully saturated rings. The summed E-state index contributed by atoms with van der Waals surface area (Å²) >= 11 is 2.61. The third kappa shape index (κ3) is 3.56. The SMILES string of the molecule is O=C(Sc1nc2ccccc2nc1SC(=O)C12CC3CC(CC(C3)C1)C2)C12CC3CC(CC(C3)C1)C2. The summed E-state index contributed by atoms with van der Waals surface area (Å²) in [5.74, 6) is 4.39. The fourth-order valence-corrected chi connectivity index (χ4v) is 12.3. The monoisotopic (exact) mass is 518 g/mol. The van der Waals surface area contributed by atoms with Gasteiger partial charge >= 0.3 is 0 Å². The summed E-state index contributed by atoms with van der Waals surface area (Å²) in [5.41, 5.74) is 1.26. The van der Waals surface area contributed by atoms with E-state index in [9.17, 15) is 9.59 Å². The molecule has 0 atom stereocenters. The molecule has 8 bridgehead atoms. The summed E-state index contributed by atoms with van der Waals surface area (Å²) in [6.45, 7) is 0. The Labute approximate surface area is 221 Å². The lowest BCUT2D eigenvalue weighted by molar-refractivity contribution is -0.134. The first kappa shape index (κ1) is 22.6. The molecule has 36 heavy (non-hydrogen) atoms. The highest BCUT2D eigenvalue weighted by Crippen LogP contribution is 2.63. The van der Waals surface area contributed by atoms with Gasteiger partial charge in [-0.25, -0.2) is 9.97 Å². The molecule has 0 radical (unpaired) electrons. The van der Waals surface area contributed by atoms with Gasteiger partial charge in [0.05, 0.1) is 11.0 Å². The topological polar surface area (TPSA) is 59.9 Å². The van der Waals surface area contributed by atoms with E-state index < -0.39 is 0 Å². The average molecular weight is 519 g/mol. The van der Waals surface area contributed by atoms with Crippen molar-refractivity contribution in [3.05, 3.63) is 24.3 Å². The zero-order valence-electron chi connectivity index (χ0n) is 20.8. The van der Waals surface area contributed by atoms with Crippen molar-refractivity contribution in [2.45, 2.75) is 87.1 Å². The largest absolute Gasteiger partial charge is 0.286 e. The highest BCUT2D eigenvalue weighted by molar-refractivity contribution is 8.16. The van der Waals surface area contributed by atoms with Crippen molar-refractivity contribution in [1.29, 1.82) is 0 Å². The third-order valence-electron chi connectivity index (χ3n) is 10.8. The van der Waals surface area contributed by atoms with E-state index in [1.165, 1.54) is 62.0 Å². The summed E-state index contributed by atoms with van der Waals surface area (Å²) in [6, 6.07) is 7.88. The maximum Gasteiger partial charge on any atom is 0.201 e. The number of carbonyl (C=O) groups excluding carboxylic acids is 2. The summed E-state index contributed by atoms with van der Waals surface area (Å²) in [4.78, 5) is 37.8. The second-order valence-corrected chi connectivity index (χ2v) is 15.4. The van der Waals surface area contributed by atoms with Gasteiger partial charge in [-0.2, -0.15) is 0 Å². The fraction of sp³-hybridized carbons (Fsp3) is 0.667. The van der Waals surface area contributed by atoms with Crippen molar-refractivity contribution in [3.63, 3.8) is 0 Å². The maximum atomic E-state index is 14.0. The van der Waals surface area contributed by atoms with E-state index in [1.807, 2.05) is 24.3 Å². The number of para-hydroxylation sites is 2. The van der Waals surface area contributed by atoms with E-state index >= 15 is 0 Å². The zero-order chi connectivity index (χ0) is 24.1. The predicted molar refractivity (Wildman–Crippen MR) is 142 cm³/mol. The number of carbonyl (C=O) groups is 2. The second-order valence-electron chi connectivity index (χ2n) is 13.5. The van der Waals surface area contributed by atoms with Crippen molar-refractivity contribution in [3.8, 4) is 0 Å². The number of thioether (sulfide) groups is 2. The normalized spacial score (nSPS) is 41.8. The van der Waals surface area contributed by atoms with Gasteiger partial charge in [0.25, 0.3) is 0 Å². The molecule has 4 nitrogen and oxygen atoms in total. The Kier molecular flexibility index (Phi) is 5.05. The smallest absolute Gasteiger partial charge is 0.201 e. The minimum Gasteiger partial charge on any atom is -0.286 e. The standard InChI is InChI=1S/C30H34N2O2S2/c33-27(29-11-17-5-18(12-29)7-19(6-17)13-29)35-25-26(32-24-4-2-1-3-23(24)31-25)36-28(34)30-14-20-8-21(15-30)10-22(9-20)16-30/h1-4,17-22H,5-16H2. The van der Waals surface area contributed by atoms with Crippen LogP contribution in [0.5, 0.6) is 0 Å². The van der Waals surface area contributed by atoms with Crippen molar-refractivity contribution < 1.29 is 9.59 Å². The number of rotatable bonds is 4. The lowest BCUT2D eigenvalue weighted by Crippen LogP contribution is -2.49. The molecule has 0 unspecified atom stereocenters. The second kappa shape index (κ2) is 8.05. The molecule has 0 aliphatic heterocycles. The third-order valence-corrected chi connectivity index (χ3v) is 13.2. The Morgan fingerprint density at radius 1 is 0.583 bits per heavy atom. The van der Waals surface area contributed by atoms with Crippen LogP contribution in [-0.4, -0.2) is 20.2 Å². The van der Waals surface area contributed by atoms with Crippen LogP contribution >= 0.6 is 23.5 Å². The molecular weight excluding hydrogens is 484 g/mol. The molecule has 0 N–H and O–H groups in total. The van der Waals surface area contributed by atoms with Gasteiger partial charge in [0.1, 0.15) is 10.1 Å². The molecule has 8 aliphatic rings. The van der Waals surface area contributed by atoms with Crippen LogP contribution in [0.25, 0.3) is 11.0 Å². The first-order chi connectivity index (χ1) is 17.5. The molecule has 0 spiro atoms. The molecule has 6 heteroatoms. The average Bonchev–Trinajstić information content (AvgIpc) is 2.82. The van der Waals surface area contributed by atoms with Gasteiger partial charge in [-0.3, -0.25) is 9.59 Å². The predicted octanol–water partition coefficient (Wildman–Crippen LogP) is 7.30.